The van der Waals surface area contributed by atoms with Gasteiger partial charge in [0.15, 0.2) is 0 Å². The summed E-state index contributed by atoms with van der Waals surface area (Å²) >= 11 is 11.6. The van der Waals surface area contributed by atoms with Gasteiger partial charge in [-0.15, -0.1) is 11.3 Å². The molecule has 0 radical (unpaired) electrons. The van der Waals surface area contributed by atoms with Crippen molar-refractivity contribution in [1.29, 1.82) is 0 Å². The molecule has 0 aliphatic heterocycles. The van der Waals surface area contributed by atoms with Crippen LogP contribution in [-0.2, 0) is 11.8 Å². The molecular formula is C11H10BrClS. The molecular weight excluding hydrogens is 280 g/mol. The highest BCUT2D eigenvalue weighted by atomic mass is 79.9. The van der Waals surface area contributed by atoms with Crippen LogP contribution >= 0.6 is 38.9 Å². The Morgan fingerprint density at radius 1 is 1.50 bits per heavy atom. The Kier molecular flexibility index (Phi) is 3.15. The van der Waals surface area contributed by atoms with E-state index in [1.165, 1.54) is 21.2 Å². The minimum atomic E-state index is 0.836. The molecule has 1 aromatic carbocycles. The predicted molar refractivity (Wildman–Crippen MR) is 68.8 cm³/mol. The summed E-state index contributed by atoms with van der Waals surface area (Å²) in [4.78, 5) is 0. The van der Waals surface area contributed by atoms with E-state index in [2.05, 4.69) is 40.4 Å². The van der Waals surface area contributed by atoms with E-state index in [4.69, 9.17) is 11.6 Å². The zero-order valence-corrected chi connectivity index (χ0v) is 11.0. The quantitative estimate of drug-likeness (QED) is 0.682. The van der Waals surface area contributed by atoms with Crippen LogP contribution in [0.15, 0.2) is 17.5 Å². The summed E-state index contributed by atoms with van der Waals surface area (Å²) in [6.07, 6.45) is 1.03. The summed E-state index contributed by atoms with van der Waals surface area (Å²) < 4.78 is 1.21. The molecule has 1 heterocycles. The first-order valence-corrected chi connectivity index (χ1v) is 6.89. The van der Waals surface area contributed by atoms with Gasteiger partial charge in [-0.3, -0.25) is 0 Å². The van der Waals surface area contributed by atoms with Crippen LogP contribution < -0.4 is 0 Å². The van der Waals surface area contributed by atoms with Crippen LogP contribution in [0.2, 0.25) is 5.02 Å². The number of fused-ring (bicyclic) bond motifs is 1. The molecule has 0 saturated heterocycles. The third kappa shape index (κ3) is 1.60. The van der Waals surface area contributed by atoms with Gasteiger partial charge in [-0.25, -0.2) is 0 Å². The number of rotatable bonds is 2. The Labute approximate surface area is 101 Å². The first kappa shape index (κ1) is 10.5. The predicted octanol–water partition coefficient (Wildman–Crippen LogP) is 5.01. The van der Waals surface area contributed by atoms with E-state index in [0.717, 1.165) is 16.8 Å². The summed E-state index contributed by atoms with van der Waals surface area (Å²) in [5.74, 6) is 0. The number of halogens is 2. The minimum absolute atomic E-state index is 0.836. The fourth-order valence-corrected chi connectivity index (χ4v) is 3.70. The van der Waals surface area contributed by atoms with Crippen LogP contribution in [0, 0.1) is 0 Å². The van der Waals surface area contributed by atoms with Crippen LogP contribution in [0.4, 0.5) is 0 Å². The van der Waals surface area contributed by atoms with Gasteiger partial charge in [0.1, 0.15) is 0 Å². The highest BCUT2D eigenvalue weighted by Crippen LogP contribution is 2.35. The van der Waals surface area contributed by atoms with Gasteiger partial charge >= 0.3 is 0 Å². The second-order valence-electron chi connectivity index (χ2n) is 3.15. The van der Waals surface area contributed by atoms with Crippen molar-refractivity contribution in [2.75, 3.05) is 0 Å². The summed E-state index contributed by atoms with van der Waals surface area (Å²) in [6, 6.07) is 4.37. The Morgan fingerprint density at radius 2 is 2.29 bits per heavy atom. The van der Waals surface area contributed by atoms with Crippen molar-refractivity contribution in [2.24, 2.45) is 0 Å². The second kappa shape index (κ2) is 4.21. The van der Waals surface area contributed by atoms with Crippen LogP contribution in [-0.4, -0.2) is 0 Å². The van der Waals surface area contributed by atoms with Crippen molar-refractivity contribution in [2.45, 2.75) is 18.7 Å². The van der Waals surface area contributed by atoms with Crippen LogP contribution in [0.25, 0.3) is 10.1 Å². The van der Waals surface area contributed by atoms with E-state index < -0.39 is 0 Å². The molecule has 0 N–H and O–H groups in total. The summed E-state index contributed by atoms with van der Waals surface area (Å²) in [5, 5.41) is 5.12. The third-order valence-electron chi connectivity index (χ3n) is 2.39. The molecule has 3 heteroatoms. The van der Waals surface area contributed by atoms with E-state index in [1.54, 1.807) is 11.3 Å². The fourth-order valence-electron chi connectivity index (χ4n) is 1.62. The van der Waals surface area contributed by atoms with E-state index in [-0.39, 0.29) is 0 Å². The lowest BCUT2D eigenvalue weighted by atomic mass is 10.0. The molecule has 1 aromatic heterocycles. The van der Waals surface area contributed by atoms with E-state index in [9.17, 15) is 0 Å². The van der Waals surface area contributed by atoms with E-state index >= 15 is 0 Å². The molecule has 0 spiro atoms. The van der Waals surface area contributed by atoms with Crippen molar-refractivity contribution in [1.82, 2.24) is 0 Å². The standard InChI is InChI=1S/C11H10BrClS/c1-2-7-5-8-3-4-14-11(8)10(13)9(7)6-12/h3-5H,2,6H2,1H3. The summed E-state index contributed by atoms with van der Waals surface area (Å²) in [6.45, 7) is 2.16. The molecule has 2 rings (SSSR count). The van der Waals surface area contributed by atoms with Gasteiger partial charge in [0.25, 0.3) is 0 Å². The number of hydrogen-bond acceptors (Lipinski definition) is 1. The topological polar surface area (TPSA) is 0 Å². The van der Waals surface area contributed by atoms with Crippen LogP contribution in [0.3, 0.4) is 0 Å². The molecule has 0 fully saturated rings. The molecule has 0 aliphatic carbocycles. The van der Waals surface area contributed by atoms with Gasteiger partial charge in [-0.05, 0) is 40.4 Å². The number of aryl methyl sites for hydroxylation is 1. The Morgan fingerprint density at radius 3 is 2.93 bits per heavy atom. The maximum absolute atomic E-state index is 6.35. The maximum Gasteiger partial charge on any atom is 0.0627 e. The average molecular weight is 290 g/mol. The number of hydrogen-bond donors (Lipinski definition) is 0. The smallest absolute Gasteiger partial charge is 0.0627 e. The fraction of sp³-hybridized carbons (Fsp3) is 0.273. The van der Waals surface area contributed by atoms with Crippen molar-refractivity contribution in [3.05, 3.63) is 33.7 Å². The highest BCUT2D eigenvalue weighted by molar-refractivity contribution is 9.08. The average Bonchev–Trinajstić information content (AvgIpc) is 2.65. The van der Waals surface area contributed by atoms with Crippen LogP contribution in [0.5, 0.6) is 0 Å². The van der Waals surface area contributed by atoms with Crippen LogP contribution in [0.1, 0.15) is 18.1 Å². The highest BCUT2D eigenvalue weighted by Gasteiger charge is 2.10. The largest absolute Gasteiger partial charge is 0.142 e. The summed E-state index contributed by atoms with van der Waals surface area (Å²) in [7, 11) is 0. The van der Waals surface area contributed by atoms with Gasteiger partial charge in [0, 0.05) is 5.33 Å². The SMILES string of the molecule is CCc1cc2ccsc2c(Cl)c1CBr. The zero-order valence-electron chi connectivity index (χ0n) is 7.81. The van der Waals surface area contributed by atoms with Gasteiger partial charge in [0.05, 0.1) is 9.72 Å². The third-order valence-corrected chi connectivity index (χ3v) is 4.43. The monoisotopic (exact) mass is 288 g/mol. The number of alkyl halides is 1. The van der Waals surface area contributed by atoms with Gasteiger partial charge < -0.3 is 0 Å². The molecule has 0 unspecified atom stereocenters. The number of benzene rings is 1. The lowest BCUT2D eigenvalue weighted by Gasteiger charge is -2.08. The molecule has 2 aromatic rings. The molecule has 0 nitrogen and oxygen atoms in total. The molecule has 0 bridgehead atoms. The van der Waals surface area contributed by atoms with E-state index in [0.29, 0.717) is 0 Å². The molecule has 0 saturated carbocycles. The van der Waals surface area contributed by atoms with Crippen molar-refractivity contribution < 1.29 is 0 Å². The summed E-state index contributed by atoms with van der Waals surface area (Å²) in [5.41, 5.74) is 2.59. The second-order valence-corrected chi connectivity index (χ2v) is 5.01. The molecule has 14 heavy (non-hydrogen) atoms. The first-order chi connectivity index (χ1) is 6.77. The van der Waals surface area contributed by atoms with E-state index in [1.807, 2.05) is 0 Å². The molecule has 0 amide bonds. The number of thiophene rings is 1. The Balaban J connectivity index is 2.79. The van der Waals surface area contributed by atoms with Gasteiger partial charge in [0.2, 0.25) is 0 Å². The zero-order chi connectivity index (χ0) is 10.1. The first-order valence-electron chi connectivity index (χ1n) is 4.51. The van der Waals surface area contributed by atoms with Crippen molar-refractivity contribution in [3.8, 4) is 0 Å². The van der Waals surface area contributed by atoms with Crippen molar-refractivity contribution >= 4 is 49.0 Å². The molecule has 74 valence electrons. The molecule has 0 aliphatic rings. The molecule has 0 atom stereocenters. The lowest BCUT2D eigenvalue weighted by molar-refractivity contribution is 1.11. The maximum atomic E-state index is 6.35. The normalized spacial score (nSPS) is 11.1. The lowest BCUT2D eigenvalue weighted by Crippen LogP contribution is -1.90. The van der Waals surface area contributed by atoms with Crippen molar-refractivity contribution in [3.63, 3.8) is 0 Å². The Bertz CT molecular complexity index is 462. The Hall–Kier alpha value is -0.0500. The minimum Gasteiger partial charge on any atom is -0.142 e. The van der Waals surface area contributed by atoms with Gasteiger partial charge in [-0.1, -0.05) is 34.5 Å². The van der Waals surface area contributed by atoms with Gasteiger partial charge in [-0.2, -0.15) is 0 Å².